The minimum Gasteiger partial charge on any atom is -0.399 e. The molecule has 1 fully saturated rings. The Hall–Kier alpha value is -1.37. The van der Waals surface area contributed by atoms with Gasteiger partial charge in [-0.1, -0.05) is 12.1 Å². The molecule has 2 aromatic rings. The molecule has 0 spiro atoms. The minimum atomic E-state index is -0.367. The second kappa shape index (κ2) is 5.37. The fourth-order valence-corrected chi connectivity index (χ4v) is 2.66. The van der Waals surface area contributed by atoms with Crippen LogP contribution in [0, 0.1) is 0 Å². The third-order valence-electron chi connectivity index (χ3n) is 4.74. The van der Waals surface area contributed by atoms with Gasteiger partial charge in [-0.05, 0) is 39.2 Å². The second-order valence-electron chi connectivity index (χ2n) is 6.73. The molecule has 0 unspecified atom stereocenters. The van der Waals surface area contributed by atoms with Gasteiger partial charge in [-0.2, -0.15) is 5.10 Å². The van der Waals surface area contributed by atoms with Gasteiger partial charge < -0.3 is 14.0 Å². The first-order valence-electron chi connectivity index (χ1n) is 7.65. The highest BCUT2D eigenvalue weighted by atomic mass is 16.7. The normalized spacial score (nSPS) is 20.0. The van der Waals surface area contributed by atoms with Crippen LogP contribution in [0.3, 0.4) is 0 Å². The molecule has 0 aliphatic carbocycles. The number of hydrogen-bond donors (Lipinski definition) is 0. The molecule has 0 atom stereocenters. The van der Waals surface area contributed by atoms with Crippen LogP contribution in [0.15, 0.2) is 24.4 Å². The maximum Gasteiger partial charge on any atom is 0.495 e. The summed E-state index contributed by atoms with van der Waals surface area (Å²) < 4.78 is 19.4. The van der Waals surface area contributed by atoms with E-state index in [1.165, 1.54) is 0 Å². The number of benzene rings is 1. The Bertz CT molecular complexity index is 665. The molecule has 1 aliphatic heterocycles. The van der Waals surface area contributed by atoms with Gasteiger partial charge in [0.1, 0.15) is 0 Å². The molecular formula is C16H23BN2O3. The van der Waals surface area contributed by atoms with Gasteiger partial charge in [0.15, 0.2) is 0 Å². The molecule has 1 aliphatic rings. The van der Waals surface area contributed by atoms with Crippen LogP contribution >= 0.6 is 0 Å². The smallest absolute Gasteiger partial charge is 0.399 e. The van der Waals surface area contributed by atoms with Gasteiger partial charge in [0.05, 0.1) is 36.1 Å². The number of fused-ring (bicyclic) bond motifs is 1. The van der Waals surface area contributed by atoms with E-state index in [1.807, 2.05) is 23.0 Å². The van der Waals surface area contributed by atoms with Crippen LogP contribution in [-0.4, -0.2) is 41.8 Å². The van der Waals surface area contributed by atoms with Gasteiger partial charge in [-0.15, -0.1) is 0 Å². The zero-order chi connectivity index (χ0) is 16.0. The lowest BCUT2D eigenvalue weighted by Gasteiger charge is -2.32. The van der Waals surface area contributed by atoms with Crippen LogP contribution in [0.25, 0.3) is 10.9 Å². The van der Waals surface area contributed by atoms with Crippen molar-refractivity contribution in [1.29, 1.82) is 0 Å². The molecule has 0 radical (unpaired) electrons. The topological polar surface area (TPSA) is 45.5 Å². The number of rotatable bonds is 4. The predicted octanol–water partition coefficient (Wildman–Crippen LogP) is 1.98. The summed E-state index contributed by atoms with van der Waals surface area (Å²) in [6, 6.07) is 6.13. The number of nitrogens with zero attached hydrogens (tertiary/aromatic N) is 2. The molecule has 0 saturated carbocycles. The highest BCUT2D eigenvalue weighted by Gasteiger charge is 2.52. The molecule has 6 heteroatoms. The Morgan fingerprint density at radius 1 is 1.18 bits per heavy atom. The van der Waals surface area contributed by atoms with E-state index in [2.05, 4.69) is 38.9 Å². The maximum absolute atomic E-state index is 6.16. The van der Waals surface area contributed by atoms with Crippen molar-refractivity contribution in [1.82, 2.24) is 9.78 Å². The van der Waals surface area contributed by atoms with Crippen molar-refractivity contribution in [3.05, 3.63) is 24.4 Å². The Labute approximate surface area is 131 Å². The molecule has 1 aromatic carbocycles. The first-order valence-corrected chi connectivity index (χ1v) is 7.65. The number of hydrogen-bond acceptors (Lipinski definition) is 4. The number of aromatic nitrogens is 2. The Kier molecular flexibility index (Phi) is 3.79. The lowest BCUT2D eigenvalue weighted by Crippen LogP contribution is -2.41. The van der Waals surface area contributed by atoms with Crippen molar-refractivity contribution in [2.45, 2.75) is 45.4 Å². The molecule has 5 nitrogen and oxygen atoms in total. The molecular weight excluding hydrogens is 279 g/mol. The second-order valence-corrected chi connectivity index (χ2v) is 6.73. The largest absolute Gasteiger partial charge is 0.495 e. The van der Waals surface area contributed by atoms with E-state index >= 15 is 0 Å². The summed E-state index contributed by atoms with van der Waals surface area (Å²) in [5.74, 6) is 0. The molecule has 22 heavy (non-hydrogen) atoms. The predicted molar refractivity (Wildman–Crippen MR) is 87.3 cm³/mol. The molecule has 3 rings (SSSR count). The van der Waals surface area contributed by atoms with Crippen molar-refractivity contribution in [2.75, 3.05) is 13.7 Å². The van der Waals surface area contributed by atoms with Crippen LogP contribution in [0.1, 0.15) is 27.7 Å². The third-order valence-corrected chi connectivity index (χ3v) is 4.74. The first-order chi connectivity index (χ1) is 10.4. The lowest BCUT2D eigenvalue weighted by atomic mass is 9.77. The molecule has 0 amide bonds. The summed E-state index contributed by atoms with van der Waals surface area (Å²) in [7, 11) is 1.33. The fraction of sp³-hybridized carbons (Fsp3) is 0.562. The van der Waals surface area contributed by atoms with Crippen LogP contribution in [0.4, 0.5) is 0 Å². The summed E-state index contributed by atoms with van der Waals surface area (Å²) in [5, 5.41) is 5.53. The van der Waals surface area contributed by atoms with E-state index in [0.29, 0.717) is 6.61 Å². The molecule has 1 aromatic heterocycles. The fourth-order valence-electron chi connectivity index (χ4n) is 2.66. The minimum absolute atomic E-state index is 0.341. The quantitative estimate of drug-likeness (QED) is 0.810. The Balaban J connectivity index is 1.97. The number of methoxy groups -OCH3 is 1. The van der Waals surface area contributed by atoms with Crippen molar-refractivity contribution >= 4 is 23.5 Å². The van der Waals surface area contributed by atoms with Crippen LogP contribution in [0.2, 0.25) is 0 Å². The van der Waals surface area contributed by atoms with Crippen LogP contribution in [-0.2, 0) is 20.6 Å². The summed E-state index contributed by atoms with van der Waals surface area (Å²) in [6.45, 7) is 9.62. The molecule has 0 bridgehead atoms. The van der Waals surface area contributed by atoms with Gasteiger partial charge >= 0.3 is 7.12 Å². The highest BCUT2D eigenvalue weighted by molar-refractivity contribution is 6.65. The monoisotopic (exact) mass is 302 g/mol. The van der Waals surface area contributed by atoms with Crippen molar-refractivity contribution in [3.8, 4) is 0 Å². The van der Waals surface area contributed by atoms with E-state index in [1.54, 1.807) is 7.11 Å². The standard InChI is InChI=1S/C16H23BN2O3/c1-15(2)16(3,4)22-17(21-15)13-7-6-8-14-12(13)11-18-19(14)9-10-20-5/h6-8,11H,9-10H2,1-5H3. The summed E-state index contributed by atoms with van der Waals surface area (Å²) in [4.78, 5) is 0. The number of ether oxygens (including phenoxy) is 1. The van der Waals surface area contributed by atoms with Crippen molar-refractivity contribution in [2.24, 2.45) is 0 Å². The van der Waals surface area contributed by atoms with Crippen LogP contribution < -0.4 is 5.46 Å². The van der Waals surface area contributed by atoms with E-state index in [-0.39, 0.29) is 18.3 Å². The SMILES string of the molecule is COCCn1ncc2c(B3OC(C)(C)C(C)(C)O3)cccc21. The van der Waals surface area contributed by atoms with Gasteiger partial charge in [-0.25, -0.2) is 0 Å². The van der Waals surface area contributed by atoms with Gasteiger partial charge in [0.2, 0.25) is 0 Å². The van der Waals surface area contributed by atoms with E-state index < -0.39 is 0 Å². The van der Waals surface area contributed by atoms with Gasteiger partial charge in [-0.3, -0.25) is 4.68 Å². The molecule has 2 heterocycles. The zero-order valence-electron chi connectivity index (χ0n) is 13.9. The summed E-state index contributed by atoms with van der Waals surface area (Å²) in [5.41, 5.74) is 1.42. The highest BCUT2D eigenvalue weighted by Crippen LogP contribution is 2.36. The molecule has 118 valence electrons. The van der Waals surface area contributed by atoms with E-state index in [9.17, 15) is 0 Å². The average Bonchev–Trinajstić information content (AvgIpc) is 2.95. The van der Waals surface area contributed by atoms with Gasteiger partial charge in [0.25, 0.3) is 0 Å². The lowest BCUT2D eigenvalue weighted by molar-refractivity contribution is 0.00578. The summed E-state index contributed by atoms with van der Waals surface area (Å²) >= 11 is 0. The average molecular weight is 302 g/mol. The first kappa shape index (κ1) is 15.5. The molecule has 0 N–H and O–H groups in total. The summed E-state index contributed by atoms with van der Waals surface area (Å²) in [6.07, 6.45) is 1.88. The Morgan fingerprint density at radius 3 is 2.50 bits per heavy atom. The maximum atomic E-state index is 6.16. The van der Waals surface area contributed by atoms with Crippen molar-refractivity contribution < 1.29 is 14.0 Å². The molecule has 1 saturated heterocycles. The Morgan fingerprint density at radius 2 is 1.86 bits per heavy atom. The van der Waals surface area contributed by atoms with Crippen molar-refractivity contribution in [3.63, 3.8) is 0 Å². The van der Waals surface area contributed by atoms with Gasteiger partial charge in [0, 0.05) is 12.5 Å². The zero-order valence-corrected chi connectivity index (χ0v) is 13.9. The van der Waals surface area contributed by atoms with Crippen LogP contribution in [0.5, 0.6) is 0 Å². The van der Waals surface area contributed by atoms with E-state index in [0.717, 1.165) is 22.9 Å². The third kappa shape index (κ3) is 2.45. The van der Waals surface area contributed by atoms with E-state index in [4.69, 9.17) is 14.0 Å².